The minimum Gasteiger partial charge on any atom is -0.349 e. The number of amides is 1. The molecule has 1 saturated carbocycles. The van der Waals surface area contributed by atoms with E-state index in [2.05, 4.69) is 37.6 Å². The second-order valence-electron chi connectivity index (χ2n) is 12.6. The van der Waals surface area contributed by atoms with Crippen LogP contribution in [-0.2, 0) is 19.6 Å². The summed E-state index contributed by atoms with van der Waals surface area (Å²) >= 11 is 0. The number of alkyl halides is 3. The lowest BCUT2D eigenvalue weighted by Crippen LogP contribution is -2.40. The number of nitriles is 1. The van der Waals surface area contributed by atoms with Gasteiger partial charge in [0.25, 0.3) is 17.2 Å². The quantitative estimate of drug-likeness (QED) is 0.221. The van der Waals surface area contributed by atoms with Crippen LogP contribution in [0.2, 0.25) is 0 Å². The Bertz CT molecular complexity index is 1810. The van der Waals surface area contributed by atoms with Gasteiger partial charge in [0.05, 0.1) is 56.8 Å². The van der Waals surface area contributed by atoms with E-state index in [9.17, 15) is 28.0 Å². The number of carbonyl (C=O) groups excluding carboxylic acids is 1. The van der Waals surface area contributed by atoms with Gasteiger partial charge in [0.15, 0.2) is 5.69 Å². The summed E-state index contributed by atoms with van der Waals surface area (Å²) in [5, 5.41) is 15.8. The molecule has 0 atom stereocenters. The number of likely N-dealkylation sites (N-methyl/N-ethyl adjacent to an activating group) is 1. The van der Waals surface area contributed by atoms with E-state index in [-0.39, 0.29) is 23.0 Å². The van der Waals surface area contributed by atoms with Crippen molar-refractivity contribution in [3.05, 3.63) is 87.3 Å². The molecule has 0 saturated heterocycles. The average Bonchev–Trinajstić information content (AvgIpc) is 3.57. The van der Waals surface area contributed by atoms with Gasteiger partial charge in [-0.3, -0.25) is 14.3 Å². The minimum absolute atomic E-state index is 0.0145. The molecule has 9 nitrogen and oxygen atoms in total. The van der Waals surface area contributed by atoms with Gasteiger partial charge in [-0.2, -0.15) is 23.5 Å². The molecule has 1 fully saturated rings. The molecular formula is C33H38F3N7O2+2. The maximum atomic E-state index is 14.1. The fourth-order valence-electron chi connectivity index (χ4n) is 5.96. The summed E-state index contributed by atoms with van der Waals surface area (Å²) in [5.41, 5.74) is 1.01. The van der Waals surface area contributed by atoms with Crippen LogP contribution >= 0.6 is 0 Å². The molecule has 0 unspecified atom stereocenters. The number of aromatic nitrogens is 4. The third kappa shape index (κ3) is 6.73. The summed E-state index contributed by atoms with van der Waals surface area (Å²) in [6.45, 7) is 0.776. The first-order valence-corrected chi connectivity index (χ1v) is 15.0. The van der Waals surface area contributed by atoms with E-state index < -0.39 is 23.2 Å². The van der Waals surface area contributed by atoms with Crippen LogP contribution in [-0.4, -0.2) is 58.6 Å². The van der Waals surface area contributed by atoms with Gasteiger partial charge in [0, 0.05) is 37.2 Å². The highest BCUT2D eigenvalue weighted by Gasteiger charge is 2.35. The molecule has 2 N–H and O–H groups in total. The van der Waals surface area contributed by atoms with E-state index in [4.69, 9.17) is 0 Å². The van der Waals surface area contributed by atoms with Crippen molar-refractivity contribution in [2.75, 3.05) is 27.7 Å². The second kappa shape index (κ2) is 12.4. The molecule has 0 radical (unpaired) electrons. The fourth-order valence-corrected chi connectivity index (χ4v) is 5.96. The molecular weight excluding hydrogens is 583 g/mol. The Hall–Kier alpha value is -4.63. The number of carbonyl (C=O) groups is 1. The highest BCUT2D eigenvalue weighted by Crippen LogP contribution is 2.31. The Labute approximate surface area is 259 Å². The summed E-state index contributed by atoms with van der Waals surface area (Å²) in [4.78, 5) is 28.0. The predicted octanol–water partition coefficient (Wildman–Crippen LogP) is 4.65. The van der Waals surface area contributed by atoms with Crippen molar-refractivity contribution >= 4 is 5.91 Å². The zero-order valence-electron chi connectivity index (χ0n) is 25.9. The number of rotatable bonds is 8. The minimum atomic E-state index is -4.61. The number of benzene rings is 2. The molecule has 5 rings (SSSR count). The number of nitrogens with zero attached hydrogens (tertiary/aromatic N) is 5. The maximum absolute atomic E-state index is 14.1. The Kier molecular flexibility index (Phi) is 8.76. The van der Waals surface area contributed by atoms with E-state index in [1.807, 2.05) is 12.1 Å². The van der Waals surface area contributed by atoms with E-state index in [1.165, 1.54) is 16.8 Å². The van der Waals surface area contributed by atoms with Crippen LogP contribution < -0.4 is 15.6 Å². The van der Waals surface area contributed by atoms with E-state index in [0.29, 0.717) is 22.2 Å². The highest BCUT2D eigenvalue weighted by atomic mass is 19.4. The van der Waals surface area contributed by atoms with Gasteiger partial charge in [-0.15, -0.1) is 0 Å². The molecule has 1 aliphatic rings. The maximum Gasteiger partial charge on any atom is 0.416 e. The fraction of sp³-hybridized carbons (Fsp3) is 0.394. The van der Waals surface area contributed by atoms with Gasteiger partial charge in [0.2, 0.25) is 5.69 Å². The van der Waals surface area contributed by atoms with Crippen molar-refractivity contribution in [2.24, 2.45) is 7.05 Å². The van der Waals surface area contributed by atoms with Gasteiger partial charge in [-0.05, 0) is 43.2 Å². The van der Waals surface area contributed by atoms with Crippen molar-refractivity contribution in [3.63, 3.8) is 0 Å². The molecule has 45 heavy (non-hydrogen) atoms. The van der Waals surface area contributed by atoms with Crippen LogP contribution in [0.15, 0.2) is 59.5 Å². The Balaban J connectivity index is 1.71. The molecule has 4 aromatic rings. The third-order valence-electron chi connectivity index (χ3n) is 8.28. The van der Waals surface area contributed by atoms with Gasteiger partial charge >= 0.3 is 6.18 Å². The van der Waals surface area contributed by atoms with Crippen LogP contribution in [0.1, 0.15) is 59.2 Å². The second-order valence-corrected chi connectivity index (χ2v) is 12.6. The first-order chi connectivity index (χ1) is 21.3. The highest BCUT2D eigenvalue weighted by molar-refractivity contribution is 5.99. The first kappa shape index (κ1) is 31.8. The molecule has 1 aliphatic carbocycles. The van der Waals surface area contributed by atoms with Crippen LogP contribution in [0.3, 0.4) is 0 Å². The molecule has 0 bridgehead atoms. The summed E-state index contributed by atoms with van der Waals surface area (Å²) in [7, 11) is 7.78. The molecule has 236 valence electrons. The Morgan fingerprint density at radius 2 is 1.84 bits per heavy atom. The standard InChI is InChI=1S/C33H36F3N7O2/c1-40-30(28-15-17-38-41(28)27-14-13-22(21-37)19-23(27)16-18-43(2,3)4)29(31(44)39-25-10-6-5-7-11-25)32(45)42(40)26-12-8-9-24(20-26)33(34,35)36/h8-9,12-15,17,19-20,25H,5-7,10-11,16,18H2,1-4H3/p+2. The van der Waals surface area contributed by atoms with Crippen molar-refractivity contribution < 1.29 is 27.1 Å². The van der Waals surface area contributed by atoms with Crippen LogP contribution in [0.5, 0.6) is 0 Å². The van der Waals surface area contributed by atoms with Crippen molar-refractivity contribution in [1.29, 1.82) is 5.26 Å². The number of quaternary nitrogens is 1. The largest absolute Gasteiger partial charge is 0.416 e. The molecule has 2 aromatic carbocycles. The summed E-state index contributed by atoms with van der Waals surface area (Å²) in [6, 6.07) is 13.7. The van der Waals surface area contributed by atoms with Crippen LogP contribution in [0.25, 0.3) is 22.8 Å². The molecule has 0 spiro atoms. The lowest BCUT2D eigenvalue weighted by Gasteiger charge is -2.23. The molecule has 1 amide bonds. The SMILES string of the molecule is Cn1c(-c2cc[nH][n+]2-c2ccc(C#N)cc2CC[N+](C)(C)C)c(C(=O)NC2CCCCC2)c(=O)n1-c1cccc(C(F)(F)F)c1. The van der Waals surface area contributed by atoms with Gasteiger partial charge in [-0.25, -0.2) is 4.68 Å². The van der Waals surface area contributed by atoms with E-state index in [1.54, 1.807) is 30.1 Å². The van der Waals surface area contributed by atoms with Gasteiger partial charge < -0.3 is 9.80 Å². The smallest absolute Gasteiger partial charge is 0.349 e. The zero-order chi connectivity index (χ0) is 32.5. The number of aromatic amines is 1. The van der Waals surface area contributed by atoms with Crippen molar-refractivity contribution in [3.8, 4) is 28.8 Å². The predicted molar refractivity (Wildman–Crippen MR) is 163 cm³/mol. The number of halogens is 3. The van der Waals surface area contributed by atoms with Crippen molar-refractivity contribution in [2.45, 2.75) is 50.7 Å². The van der Waals surface area contributed by atoms with Gasteiger partial charge in [-0.1, -0.05) is 30.0 Å². The average molecular weight is 622 g/mol. The summed E-state index contributed by atoms with van der Waals surface area (Å²) < 4.78 is 46.0. The molecule has 12 heteroatoms. The zero-order valence-corrected chi connectivity index (χ0v) is 25.9. The Morgan fingerprint density at radius 3 is 2.51 bits per heavy atom. The first-order valence-electron chi connectivity index (χ1n) is 15.0. The summed E-state index contributed by atoms with van der Waals surface area (Å²) in [6.07, 6.45) is 2.29. The molecule has 0 aliphatic heterocycles. The Morgan fingerprint density at radius 1 is 1.11 bits per heavy atom. The van der Waals surface area contributed by atoms with E-state index in [0.717, 1.165) is 66.7 Å². The molecule has 2 aromatic heterocycles. The topological polar surface area (TPSA) is 99.5 Å². The molecule has 2 heterocycles. The normalized spacial score (nSPS) is 14.4. The van der Waals surface area contributed by atoms with E-state index >= 15 is 0 Å². The third-order valence-corrected chi connectivity index (χ3v) is 8.28. The lowest BCUT2D eigenvalue weighted by molar-refractivity contribution is -0.870. The number of hydrogen-bond donors (Lipinski definition) is 2. The number of hydrogen-bond acceptors (Lipinski definition) is 3. The van der Waals surface area contributed by atoms with Crippen molar-refractivity contribution in [1.82, 2.24) is 19.8 Å². The summed E-state index contributed by atoms with van der Waals surface area (Å²) in [5.74, 6) is -0.568. The van der Waals surface area contributed by atoms with Gasteiger partial charge in [0.1, 0.15) is 5.56 Å². The lowest BCUT2D eigenvalue weighted by atomic mass is 9.95. The van der Waals surface area contributed by atoms with Crippen LogP contribution in [0, 0.1) is 11.3 Å². The number of H-pyrrole nitrogens is 1. The number of nitrogens with one attached hydrogen (secondary N) is 2. The monoisotopic (exact) mass is 621 g/mol. The van der Waals surface area contributed by atoms with Crippen LogP contribution in [0.4, 0.5) is 13.2 Å².